The molecule has 0 saturated heterocycles. The molecule has 0 saturated carbocycles. The lowest BCUT2D eigenvalue weighted by molar-refractivity contribution is 0.966. The first-order valence-corrected chi connectivity index (χ1v) is 4.31. The second kappa shape index (κ2) is 3.93. The first-order valence-electron chi connectivity index (χ1n) is 4.31. The number of hydrogen-bond acceptors (Lipinski definition) is 4. The Morgan fingerprint density at radius 1 is 1.14 bits per heavy atom. The van der Waals surface area contributed by atoms with Gasteiger partial charge in [-0.25, -0.2) is 9.97 Å². The van der Waals surface area contributed by atoms with E-state index in [-0.39, 0.29) is 0 Å². The van der Waals surface area contributed by atoms with Crippen molar-refractivity contribution in [3.8, 4) is 11.3 Å². The van der Waals surface area contributed by atoms with Crippen molar-refractivity contribution in [1.82, 2.24) is 15.0 Å². The monoisotopic (exact) mass is 186 g/mol. The average Bonchev–Trinajstić information content (AvgIpc) is 2.30. The first kappa shape index (κ1) is 8.77. The van der Waals surface area contributed by atoms with Gasteiger partial charge in [0.2, 0.25) is 0 Å². The van der Waals surface area contributed by atoms with Crippen LogP contribution in [0.3, 0.4) is 0 Å². The summed E-state index contributed by atoms with van der Waals surface area (Å²) in [4.78, 5) is 12.1. The van der Waals surface area contributed by atoms with Gasteiger partial charge in [0.25, 0.3) is 0 Å². The molecule has 0 amide bonds. The fraction of sp³-hybridized carbons (Fsp3) is 0.100. The van der Waals surface area contributed by atoms with Crippen LogP contribution in [0.5, 0.6) is 0 Å². The third-order valence-electron chi connectivity index (χ3n) is 1.91. The first-order chi connectivity index (χ1) is 6.90. The van der Waals surface area contributed by atoms with E-state index < -0.39 is 0 Å². The summed E-state index contributed by atoms with van der Waals surface area (Å²) < 4.78 is 0. The Labute approximate surface area is 81.9 Å². The summed E-state index contributed by atoms with van der Waals surface area (Å²) in [5.74, 6) is 0. The highest BCUT2D eigenvalue weighted by molar-refractivity contribution is 5.57. The minimum Gasteiger partial charge on any atom is -0.325 e. The van der Waals surface area contributed by atoms with E-state index in [0.717, 1.165) is 17.0 Å². The van der Waals surface area contributed by atoms with E-state index in [4.69, 9.17) is 5.73 Å². The molecule has 2 aromatic heterocycles. The highest BCUT2D eigenvalue weighted by Crippen LogP contribution is 2.14. The maximum atomic E-state index is 5.49. The standard InChI is InChI=1S/C10H10N4/c11-6-9-5-10(14-7-13-9)8-1-3-12-4-2-8/h1-5,7H,6,11H2. The van der Waals surface area contributed by atoms with Crippen LogP contribution in [0.25, 0.3) is 11.3 Å². The maximum absolute atomic E-state index is 5.49. The van der Waals surface area contributed by atoms with E-state index in [2.05, 4.69) is 15.0 Å². The lowest BCUT2D eigenvalue weighted by atomic mass is 10.2. The molecule has 0 aromatic carbocycles. The molecule has 4 heteroatoms. The molecule has 0 radical (unpaired) electrons. The molecule has 0 bridgehead atoms. The minimum atomic E-state index is 0.431. The van der Waals surface area contributed by atoms with Crippen molar-refractivity contribution in [3.63, 3.8) is 0 Å². The van der Waals surface area contributed by atoms with Crippen LogP contribution in [0.2, 0.25) is 0 Å². The number of nitrogens with two attached hydrogens (primary N) is 1. The van der Waals surface area contributed by atoms with Crippen LogP contribution in [0.4, 0.5) is 0 Å². The van der Waals surface area contributed by atoms with Crippen molar-refractivity contribution in [2.75, 3.05) is 0 Å². The maximum Gasteiger partial charge on any atom is 0.116 e. The molecule has 0 atom stereocenters. The summed E-state index contributed by atoms with van der Waals surface area (Å²) in [5.41, 5.74) is 8.24. The van der Waals surface area contributed by atoms with Crippen LogP contribution in [0.15, 0.2) is 36.9 Å². The van der Waals surface area contributed by atoms with Gasteiger partial charge >= 0.3 is 0 Å². The molecule has 0 aliphatic carbocycles. The third-order valence-corrected chi connectivity index (χ3v) is 1.91. The fourth-order valence-corrected chi connectivity index (χ4v) is 1.19. The van der Waals surface area contributed by atoms with Gasteiger partial charge < -0.3 is 5.73 Å². The van der Waals surface area contributed by atoms with Crippen molar-refractivity contribution in [1.29, 1.82) is 0 Å². The van der Waals surface area contributed by atoms with Crippen molar-refractivity contribution >= 4 is 0 Å². The van der Waals surface area contributed by atoms with E-state index >= 15 is 0 Å². The quantitative estimate of drug-likeness (QED) is 0.759. The van der Waals surface area contributed by atoms with Gasteiger partial charge in [-0.3, -0.25) is 4.98 Å². The molecule has 14 heavy (non-hydrogen) atoms. The number of rotatable bonds is 2. The van der Waals surface area contributed by atoms with Crippen LogP contribution in [0.1, 0.15) is 5.69 Å². The SMILES string of the molecule is NCc1cc(-c2ccncc2)ncn1. The van der Waals surface area contributed by atoms with Crippen LogP contribution in [-0.4, -0.2) is 15.0 Å². The molecule has 70 valence electrons. The second-order valence-electron chi connectivity index (χ2n) is 2.83. The molecule has 4 nitrogen and oxygen atoms in total. The molecule has 2 rings (SSSR count). The molecule has 2 aromatic rings. The summed E-state index contributed by atoms with van der Waals surface area (Å²) in [7, 11) is 0. The molecule has 0 fully saturated rings. The van der Waals surface area contributed by atoms with Crippen LogP contribution in [-0.2, 0) is 6.54 Å². The van der Waals surface area contributed by atoms with Crippen LogP contribution < -0.4 is 5.73 Å². The van der Waals surface area contributed by atoms with Crippen molar-refractivity contribution < 1.29 is 0 Å². The van der Waals surface area contributed by atoms with Crippen molar-refractivity contribution in [2.24, 2.45) is 5.73 Å². The number of pyridine rings is 1. The lowest BCUT2D eigenvalue weighted by Gasteiger charge is -2.00. The second-order valence-corrected chi connectivity index (χ2v) is 2.83. The molecular weight excluding hydrogens is 176 g/mol. The minimum absolute atomic E-state index is 0.431. The van der Waals surface area contributed by atoms with Crippen LogP contribution in [0, 0.1) is 0 Å². The molecule has 2 N–H and O–H groups in total. The summed E-state index contributed by atoms with van der Waals surface area (Å²) in [5, 5.41) is 0. The Morgan fingerprint density at radius 3 is 2.64 bits per heavy atom. The predicted octanol–water partition coefficient (Wildman–Crippen LogP) is 0.997. The zero-order valence-corrected chi connectivity index (χ0v) is 7.59. The molecule has 2 heterocycles. The Morgan fingerprint density at radius 2 is 1.93 bits per heavy atom. The predicted molar refractivity (Wildman–Crippen MR) is 53.2 cm³/mol. The Hall–Kier alpha value is -1.81. The fourth-order valence-electron chi connectivity index (χ4n) is 1.19. The van der Waals surface area contributed by atoms with Crippen molar-refractivity contribution in [2.45, 2.75) is 6.54 Å². The Balaban J connectivity index is 2.42. The summed E-state index contributed by atoms with van der Waals surface area (Å²) in [6.07, 6.45) is 5.00. The highest BCUT2D eigenvalue weighted by Gasteiger charge is 1.99. The van der Waals surface area contributed by atoms with Crippen molar-refractivity contribution in [3.05, 3.63) is 42.6 Å². The van der Waals surface area contributed by atoms with E-state index in [1.807, 2.05) is 18.2 Å². The zero-order valence-electron chi connectivity index (χ0n) is 7.59. The molecule has 0 aliphatic heterocycles. The number of aromatic nitrogens is 3. The van der Waals surface area contributed by atoms with Crippen LogP contribution >= 0.6 is 0 Å². The largest absolute Gasteiger partial charge is 0.325 e. The van der Waals surface area contributed by atoms with Gasteiger partial charge in [0.1, 0.15) is 6.33 Å². The molecule has 0 unspecified atom stereocenters. The van der Waals surface area contributed by atoms with Gasteiger partial charge in [-0.05, 0) is 18.2 Å². The van der Waals surface area contributed by atoms with E-state index in [0.29, 0.717) is 6.54 Å². The molecule has 0 aliphatic rings. The molecular formula is C10H10N4. The smallest absolute Gasteiger partial charge is 0.116 e. The lowest BCUT2D eigenvalue weighted by Crippen LogP contribution is -2.00. The average molecular weight is 186 g/mol. The van der Waals surface area contributed by atoms with E-state index in [9.17, 15) is 0 Å². The van der Waals surface area contributed by atoms with Gasteiger partial charge in [-0.2, -0.15) is 0 Å². The van der Waals surface area contributed by atoms with Gasteiger partial charge in [0.15, 0.2) is 0 Å². The molecule has 0 spiro atoms. The van der Waals surface area contributed by atoms with E-state index in [1.54, 1.807) is 12.4 Å². The van der Waals surface area contributed by atoms with Gasteiger partial charge in [-0.1, -0.05) is 0 Å². The summed E-state index contributed by atoms with van der Waals surface area (Å²) in [6.45, 7) is 0.431. The summed E-state index contributed by atoms with van der Waals surface area (Å²) >= 11 is 0. The van der Waals surface area contributed by atoms with Gasteiger partial charge in [0.05, 0.1) is 11.4 Å². The zero-order chi connectivity index (χ0) is 9.80. The number of hydrogen-bond donors (Lipinski definition) is 1. The van der Waals surface area contributed by atoms with Gasteiger partial charge in [0, 0.05) is 24.5 Å². The topological polar surface area (TPSA) is 64.7 Å². The summed E-state index contributed by atoms with van der Waals surface area (Å²) in [6, 6.07) is 5.70. The van der Waals surface area contributed by atoms with E-state index in [1.165, 1.54) is 6.33 Å². The van der Waals surface area contributed by atoms with Gasteiger partial charge in [-0.15, -0.1) is 0 Å². The normalized spacial score (nSPS) is 10.1. The highest BCUT2D eigenvalue weighted by atomic mass is 14.8. The Kier molecular flexibility index (Phi) is 2.46. The third kappa shape index (κ3) is 1.75. The number of nitrogens with zero attached hydrogens (tertiary/aromatic N) is 3. The Bertz CT molecular complexity index is 413.